The normalized spacial score (nSPS) is 15.8. The number of piperazine rings is 1. The molecule has 0 radical (unpaired) electrons. The Balaban J connectivity index is 2.03. The summed E-state index contributed by atoms with van der Waals surface area (Å²) in [7, 11) is -3.56. The van der Waals surface area contributed by atoms with Crippen molar-refractivity contribution in [1.82, 2.24) is 14.5 Å². The van der Waals surface area contributed by atoms with Crippen molar-refractivity contribution in [1.29, 1.82) is 0 Å². The molecule has 0 unspecified atom stereocenters. The molecule has 0 aromatic heterocycles. The van der Waals surface area contributed by atoms with Crippen molar-refractivity contribution in [3.8, 4) is 0 Å². The zero-order valence-corrected chi connectivity index (χ0v) is 15.2. The van der Waals surface area contributed by atoms with Crippen molar-refractivity contribution < 1.29 is 13.2 Å². The number of rotatable bonds is 5. The number of hydrogen-bond donors (Lipinski definition) is 1. The van der Waals surface area contributed by atoms with Gasteiger partial charge in [-0.2, -0.15) is 4.31 Å². The SMILES string of the molecule is C=CCNC(=S)N1CCN(S(=O)(=O)c2ccc(C(C)=O)cc2)CC1. The van der Waals surface area contributed by atoms with E-state index in [9.17, 15) is 13.2 Å². The highest BCUT2D eigenvalue weighted by Gasteiger charge is 2.29. The van der Waals surface area contributed by atoms with Crippen LogP contribution in [-0.2, 0) is 10.0 Å². The molecule has 1 N–H and O–H groups in total. The number of carbonyl (C=O) groups excluding carboxylic acids is 1. The van der Waals surface area contributed by atoms with E-state index in [1.165, 1.54) is 23.4 Å². The Bertz CT molecular complexity index is 721. The molecule has 6 nitrogen and oxygen atoms in total. The number of nitrogens with zero attached hydrogens (tertiary/aromatic N) is 2. The summed E-state index contributed by atoms with van der Waals surface area (Å²) in [6.07, 6.45) is 1.72. The molecule has 0 saturated carbocycles. The van der Waals surface area contributed by atoms with E-state index in [2.05, 4.69) is 11.9 Å². The average Bonchev–Trinajstić information content (AvgIpc) is 2.59. The molecule has 1 aromatic rings. The van der Waals surface area contributed by atoms with Gasteiger partial charge in [-0.15, -0.1) is 6.58 Å². The summed E-state index contributed by atoms with van der Waals surface area (Å²) in [6, 6.07) is 6.04. The van der Waals surface area contributed by atoms with Crippen LogP contribution in [0.4, 0.5) is 0 Å². The van der Waals surface area contributed by atoms with E-state index in [4.69, 9.17) is 12.2 Å². The zero-order valence-electron chi connectivity index (χ0n) is 13.6. The molecular formula is C16H21N3O3S2. The molecular weight excluding hydrogens is 346 g/mol. The van der Waals surface area contributed by atoms with Gasteiger partial charge in [0.2, 0.25) is 10.0 Å². The number of sulfonamides is 1. The number of hydrogen-bond acceptors (Lipinski definition) is 4. The Hall–Kier alpha value is -1.77. The highest BCUT2D eigenvalue weighted by molar-refractivity contribution is 7.89. The molecule has 24 heavy (non-hydrogen) atoms. The van der Waals surface area contributed by atoms with E-state index in [1.807, 2.05) is 4.90 Å². The lowest BCUT2D eigenvalue weighted by Gasteiger charge is -2.35. The van der Waals surface area contributed by atoms with Gasteiger partial charge in [-0.25, -0.2) is 8.42 Å². The summed E-state index contributed by atoms with van der Waals surface area (Å²) in [5, 5.41) is 3.65. The van der Waals surface area contributed by atoms with Crippen LogP contribution in [0.1, 0.15) is 17.3 Å². The molecule has 1 aliphatic rings. The third kappa shape index (κ3) is 4.19. The van der Waals surface area contributed by atoms with E-state index in [1.54, 1.807) is 18.2 Å². The first-order valence-corrected chi connectivity index (χ1v) is 9.46. The second kappa shape index (κ2) is 7.87. The van der Waals surface area contributed by atoms with Crippen LogP contribution < -0.4 is 5.32 Å². The van der Waals surface area contributed by atoms with Gasteiger partial charge in [-0.3, -0.25) is 4.79 Å². The summed E-state index contributed by atoms with van der Waals surface area (Å²) in [6.45, 7) is 7.46. The van der Waals surface area contributed by atoms with Crippen LogP contribution >= 0.6 is 12.2 Å². The lowest BCUT2D eigenvalue weighted by Crippen LogP contribution is -2.53. The van der Waals surface area contributed by atoms with Crippen molar-refractivity contribution in [3.05, 3.63) is 42.5 Å². The summed E-state index contributed by atoms with van der Waals surface area (Å²) in [5.74, 6) is -0.0897. The minimum absolute atomic E-state index is 0.0897. The second-order valence-electron chi connectivity index (χ2n) is 5.45. The highest BCUT2D eigenvalue weighted by atomic mass is 32.2. The van der Waals surface area contributed by atoms with Gasteiger partial charge in [-0.05, 0) is 31.3 Å². The fraction of sp³-hybridized carbons (Fsp3) is 0.375. The predicted octanol–water partition coefficient (Wildman–Crippen LogP) is 1.26. The van der Waals surface area contributed by atoms with E-state index in [0.29, 0.717) is 43.4 Å². The molecule has 0 atom stereocenters. The van der Waals surface area contributed by atoms with Gasteiger partial charge in [0.15, 0.2) is 10.9 Å². The first-order valence-electron chi connectivity index (χ1n) is 7.61. The monoisotopic (exact) mass is 367 g/mol. The fourth-order valence-corrected chi connectivity index (χ4v) is 4.10. The Morgan fingerprint density at radius 2 is 1.83 bits per heavy atom. The number of nitrogens with one attached hydrogen (secondary N) is 1. The summed E-state index contributed by atoms with van der Waals surface area (Å²) in [5.41, 5.74) is 0.498. The van der Waals surface area contributed by atoms with E-state index >= 15 is 0 Å². The topological polar surface area (TPSA) is 69.7 Å². The Labute approximate surface area is 148 Å². The van der Waals surface area contributed by atoms with E-state index < -0.39 is 10.0 Å². The lowest BCUT2D eigenvalue weighted by molar-refractivity contribution is 0.101. The van der Waals surface area contributed by atoms with Gasteiger partial charge in [0, 0.05) is 38.3 Å². The van der Waals surface area contributed by atoms with Crippen molar-refractivity contribution >= 4 is 33.1 Å². The number of carbonyl (C=O) groups is 1. The smallest absolute Gasteiger partial charge is 0.243 e. The van der Waals surface area contributed by atoms with Crippen LogP contribution in [0, 0.1) is 0 Å². The highest BCUT2D eigenvalue weighted by Crippen LogP contribution is 2.18. The van der Waals surface area contributed by atoms with E-state index in [-0.39, 0.29) is 10.7 Å². The van der Waals surface area contributed by atoms with Crippen LogP contribution in [0.5, 0.6) is 0 Å². The maximum Gasteiger partial charge on any atom is 0.243 e. The van der Waals surface area contributed by atoms with Gasteiger partial charge in [-0.1, -0.05) is 18.2 Å². The van der Waals surface area contributed by atoms with Crippen LogP contribution in [0.3, 0.4) is 0 Å². The fourth-order valence-electron chi connectivity index (χ4n) is 2.41. The molecule has 0 amide bonds. The third-order valence-electron chi connectivity index (χ3n) is 3.82. The first-order chi connectivity index (χ1) is 11.4. The average molecular weight is 367 g/mol. The van der Waals surface area contributed by atoms with Crippen molar-refractivity contribution in [3.63, 3.8) is 0 Å². The standard InChI is InChI=1S/C16H21N3O3S2/c1-3-8-17-16(23)18-9-11-19(12-10-18)24(21,22)15-6-4-14(5-7-15)13(2)20/h3-7H,1,8-12H2,2H3,(H,17,23). The molecule has 1 fully saturated rings. The molecule has 1 aliphatic heterocycles. The first kappa shape index (κ1) is 18.6. The Kier molecular flexibility index (Phi) is 6.09. The molecule has 0 aliphatic carbocycles. The lowest BCUT2D eigenvalue weighted by atomic mass is 10.2. The predicted molar refractivity (Wildman–Crippen MR) is 97.6 cm³/mol. The number of ketones is 1. The molecule has 2 rings (SSSR count). The molecule has 1 saturated heterocycles. The van der Waals surface area contributed by atoms with Crippen LogP contribution in [0.2, 0.25) is 0 Å². The summed E-state index contributed by atoms with van der Waals surface area (Å²) in [4.78, 5) is 13.4. The number of thiocarbonyl (C=S) groups is 1. The summed E-state index contributed by atoms with van der Waals surface area (Å²) >= 11 is 5.27. The van der Waals surface area contributed by atoms with Crippen molar-refractivity contribution in [2.24, 2.45) is 0 Å². The quantitative estimate of drug-likeness (QED) is 0.480. The van der Waals surface area contributed by atoms with Crippen molar-refractivity contribution in [2.75, 3.05) is 32.7 Å². The van der Waals surface area contributed by atoms with Crippen molar-refractivity contribution in [2.45, 2.75) is 11.8 Å². The third-order valence-corrected chi connectivity index (χ3v) is 6.14. The Morgan fingerprint density at radius 3 is 2.33 bits per heavy atom. The van der Waals surface area contributed by atoms with Gasteiger partial charge >= 0.3 is 0 Å². The number of Topliss-reactive ketones (excluding diaryl/α,β-unsaturated/α-hetero) is 1. The van der Waals surface area contributed by atoms with Crippen LogP contribution in [0.25, 0.3) is 0 Å². The zero-order chi connectivity index (χ0) is 17.7. The second-order valence-corrected chi connectivity index (χ2v) is 7.77. The van der Waals surface area contributed by atoms with Gasteiger partial charge in [0.1, 0.15) is 0 Å². The maximum absolute atomic E-state index is 12.7. The molecule has 1 heterocycles. The molecule has 130 valence electrons. The van der Waals surface area contributed by atoms with E-state index in [0.717, 1.165) is 0 Å². The Morgan fingerprint density at radius 1 is 1.25 bits per heavy atom. The summed E-state index contributed by atoms with van der Waals surface area (Å²) < 4.78 is 26.8. The maximum atomic E-state index is 12.7. The molecule has 0 spiro atoms. The largest absolute Gasteiger partial charge is 0.359 e. The molecule has 1 aromatic carbocycles. The molecule has 0 bridgehead atoms. The molecule has 8 heteroatoms. The minimum Gasteiger partial charge on any atom is -0.359 e. The van der Waals surface area contributed by atoms with Crippen LogP contribution in [0.15, 0.2) is 41.8 Å². The minimum atomic E-state index is -3.56. The van der Waals surface area contributed by atoms with Crippen LogP contribution in [-0.4, -0.2) is 61.2 Å². The number of benzene rings is 1. The van der Waals surface area contributed by atoms with Gasteiger partial charge in [0.05, 0.1) is 4.90 Å². The van der Waals surface area contributed by atoms with Gasteiger partial charge in [0.25, 0.3) is 0 Å². The van der Waals surface area contributed by atoms with Gasteiger partial charge < -0.3 is 10.2 Å².